The third kappa shape index (κ3) is 2.75. The second kappa shape index (κ2) is 4.86. The van der Waals surface area contributed by atoms with Gasteiger partial charge in [0, 0.05) is 5.69 Å². The average Bonchev–Trinajstić information content (AvgIpc) is 2.73. The Bertz CT molecular complexity index is 510. The lowest BCUT2D eigenvalue weighted by Crippen LogP contribution is -1.97. The number of halogens is 1. The molecule has 0 aliphatic heterocycles. The Hall–Kier alpha value is -2.04. The van der Waals surface area contributed by atoms with E-state index in [0.717, 1.165) is 11.3 Å². The monoisotopic (exact) mass is 235 g/mol. The lowest BCUT2D eigenvalue weighted by atomic mass is 10.1. The van der Waals surface area contributed by atoms with E-state index >= 15 is 0 Å². The molecule has 0 unspecified atom stereocenters. The quantitative estimate of drug-likeness (QED) is 0.851. The van der Waals surface area contributed by atoms with E-state index in [4.69, 9.17) is 10.5 Å². The molecular weight excluding hydrogens is 221 g/mol. The van der Waals surface area contributed by atoms with Gasteiger partial charge in [0.2, 0.25) is 0 Å². The van der Waals surface area contributed by atoms with Crippen LogP contribution in [0.3, 0.4) is 0 Å². The maximum atomic E-state index is 13.1. The van der Waals surface area contributed by atoms with Gasteiger partial charge in [-0.15, -0.1) is 0 Å². The van der Waals surface area contributed by atoms with Crippen LogP contribution in [0.25, 0.3) is 0 Å². The largest absolute Gasteiger partial charge is 0.496 e. The van der Waals surface area contributed by atoms with Crippen LogP contribution >= 0.6 is 0 Å². The molecule has 1 aromatic carbocycles. The van der Waals surface area contributed by atoms with E-state index in [1.165, 1.54) is 12.1 Å². The van der Waals surface area contributed by atoms with Gasteiger partial charge in [0.05, 0.1) is 13.3 Å². The number of hydrogen-bond acceptors (Lipinski definition) is 3. The molecule has 1 aromatic heterocycles. The molecule has 0 aliphatic rings. The van der Waals surface area contributed by atoms with E-state index in [1.807, 2.05) is 0 Å². The summed E-state index contributed by atoms with van der Waals surface area (Å²) in [5.41, 5.74) is 7.24. The van der Waals surface area contributed by atoms with Crippen molar-refractivity contribution >= 4 is 5.95 Å². The highest BCUT2D eigenvalue weighted by Gasteiger charge is 2.06. The van der Waals surface area contributed by atoms with Gasteiger partial charge in [0.25, 0.3) is 0 Å². The van der Waals surface area contributed by atoms with Crippen molar-refractivity contribution in [1.29, 1.82) is 0 Å². The fourth-order valence-corrected chi connectivity index (χ4v) is 1.72. The van der Waals surface area contributed by atoms with Gasteiger partial charge >= 0.3 is 0 Å². The highest BCUT2D eigenvalue weighted by molar-refractivity contribution is 5.34. The van der Waals surface area contributed by atoms with Gasteiger partial charge in [-0.3, -0.25) is 0 Å². The predicted octanol–water partition coefficient (Wildman–Crippen LogP) is 1.92. The summed E-state index contributed by atoms with van der Waals surface area (Å²) in [4.78, 5) is 6.84. The number of hydrogen-bond donors (Lipinski definition) is 2. The molecule has 5 heteroatoms. The second-order valence-electron chi connectivity index (χ2n) is 3.75. The molecule has 0 saturated carbocycles. The second-order valence-corrected chi connectivity index (χ2v) is 3.75. The zero-order valence-corrected chi connectivity index (χ0v) is 9.53. The Morgan fingerprint density at radius 3 is 2.88 bits per heavy atom. The number of aromatic amines is 1. The van der Waals surface area contributed by atoms with Crippen LogP contribution in [0.5, 0.6) is 5.75 Å². The highest BCUT2D eigenvalue weighted by atomic mass is 19.1. The number of anilines is 1. The molecule has 0 radical (unpaired) electrons. The summed E-state index contributed by atoms with van der Waals surface area (Å²) in [6.45, 7) is 0. The van der Waals surface area contributed by atoms with Crippen molar-refractivity contribution in [3.63, 3.8) is 0 Å². The number of nitrogens with two attached hydrogens (primary N) is 1. The number of ether oxygens (including phenoxy) is 1. The van der Waals surface area contributed by atoms with Crippen LogP contribution in [-0.4, -0.2) is 17.1 Å². The summed E-state index contributed by atoms with van der Waals surface area (Å²) < 4.78 is 18.3. The first-order valence-corrected chi connectivity index (χ1v) is 5.31. The van der Waals surface area contributed by atoms with Crippen molar-refractivity contribution in [2.45, 2.75) is 12.8 Å². The number of rotatable bonds is 4. The van der Waals surface area contributed by atoms with Crippen molar-refractivity contribution in [3.8, 4) is 5.75 Å². The molecule has 3 N–H and O–H groups in total. The minimum Gasteiger partial charge on any atom is -0.496 e. The summed E-state index contributed by atoms with van der Waals surface area (Å²) in [7, 11) is 1.57. The molecule has 0 fully saturated rings. The van der Waals surface area contributed by atoms with E-state index in [0.29, 0.717) is 24.5 Å². The maximum absolute atomic E-state index is 13.1. The number of nitrogens with one attached hydrogen (secondary N) is 1. The van der Waals surface area contributed by atoms with Crippen LogP contribution in [0.4, 0.5) is 10.3 Å². The minimum atomic E-state index is -0.259. The molecule has 0 atom stereocenters. The normalized spacial score (nSPS) is 10.5. The summed E-state index contributed by atoms with van der Waals surface area (Å²) in [5.74, 6) is 0.829. The Morgan fingerprint density at radius 2 is 2.24 bits per heavy atom. The average molecular weight is 235 g/mol. The molecule has 0 amide bonds. The lowest BCUT2D eigenvalue weighted by Gasteiger charge is -2.07. The molecule has 1 heterocycles. The SMILES string of the molecule is COc1ccc(F)cc1CCc1cnc(N)[nH]1. The van der Waals surface area contributed by atoms with E-state index in [-0.39, 0.29) is 5.82 Å². The van der Waals surface area contributed by atoms with Crippen molar-refractivity contribution in [3.05, 3.63) is 41.5 Å². The predicted molar refractivity (Wildman–Crippen MR) is 63.4 cm³/mol. The first-order valence-electron chi connectivity index (χ1n) is 5.31. The first kappa shape index (κ1) is 11.4. The van der Waals surface area contributed by atoms with E-state index in [2.05, 4.69) is 9.97 Å². The fraction of sp³-hybridized carbons (Fsp3) is 0.250. The standard InChI is InChI=1S/C12H14FN3O/c1-17-11-5-3-9(13)6-8(11)2-4-10-7-15-12(14)16-10/h3,5-7H,2,4H2,1H3,(H3,14,15,16). The lowest BCUT2D eigenvalue weighted by molar-refractivity contribution is 0.408. The fourth-order valence-electron chi connectivity index (χ4n) is 1.72. The first-order chi connectivity index (χ1) is 8.19. The van der Waals surface area contributed by atoms with E-state index in [1.54, 1.807) is 19.4 Å². The Labute approximate surface area is 98.6 Å². The van der Waals surface area contributed by atoms with Gasteiger partial charge in [0.15, 0.2) is 5.95 Å². The third-order valence-electron chi connectivity index (χ3n) is 2.55. The van der Waals surface area contributed by atoms with Crippen molar-refractivity contribution in [1.82, 2.24) is 9.97 Å². The van der Waals surface area contributed by atoms with Gasteiger partial charge in [-0.1, -0.05) is 0 Å². The van der Waals surface area contributed by atoms with Crippen LogP contribution in [0.1, 0.15) is 11.3 Å². The highest BCUT2D eigenvalue weighted by Crippen LogP contribution is 2.20. The van der Waals surface area contributed by atoms with Crippen LogP contribution in [0.15, 0.2) is 24.4 Å². The number of nitrogen functional groups attached to an aromatic ring is 1. The number of aryl methyl sites for hydroxylation is 2. The van der Waals surface area contributed by atoms with Crippen molar-refractivity contribution in [2.24, 2.45) is 0 Å². The molecule has 0 bridgehead atoms. The van der Waals surface area contributed by atoms with Crippen LogP contribution < -0.4 is 10.5 Å². The van der Waals surface area contributed by atoms with Gasteiger partial charge < -0.3 is 15.5 Å². The van der Waals surface area contributed by atoms with Gasteiger partial charge in [-0.05, 0) is 36.6 Å². The molecule has 17 heavy (non-hydrogen) atoms. The van der Waals surface area contributed by atoms with Crippen LogP contribution in [0, 0.1) is 5.82 Å². The number of aromatic nitrogens is 2. The Balaban J connectivity index is 2.10. The molecule has 0 aliphatic carbocycles. The summed E-state index contributed by atoms with van der Waals surface area (Å²) in [6, 6.07) is 4.50. The van der Waals surface area contributed by atoms with Gasteiger partial charge in [-0.25, -0.2) is 9.37 Å². The van der Waals surface area contributed by atoms with E-state index < -0.39 is 0 Å². The van der Waals surface area contributed by atoms with Gasteiger partial charge in [-0.2, -0.15) is 0 Å². The van der Waals surface area contributed by atoms with Crippen LogP contribution in [-0.2, 0) is 12.8 Å². The maximum Gasteiger partial charge on any atom is 0.197 e. The van der Waals surface area contributed by atoms with Crippen LogP contribution in [0.2, 0.25) is 0 Å². The smallest absolute Gasteiger partial charge is 0.197 e. The summed E-state index contributed by atoms with van der Waals surface area (Å²) >= 11 is 0. The number of H-pyrrole nitrogens is 1. The van der Waals surface area contributed by atoms with Crippen molar-refractivity contribution < 1.29 is 9.13 Å². The zero-order valence-electron chi connectivity index (χ0n) is 9.53. The van der Waals surface area contributed by atoms with Gasteiger partial charge in [0.1, 0.15) is 11.6 Å². The molecule has 2 rings (SSSR count). The van der Waals surface area contributed by atoms with E-state index in [9.17, 15) is 4.39 Å². The molecule has 0 spiro atoms. The number of nitrogens with zero attached hydrogens (tertiary/aromatic N) is 1. The number of benzene rings is 1. The summed E-state index contributed by atoms with van der Waals surface area (Å²) in [6.07, 6.45) is 3.06. The zero-order chi connectivity index (χ0) is 12.3. The molecule has 4 nitrogen and oxygen atoms in total. The Kier molecular flexibility index (Phi) is 3.27. The number of methoxy groups -OCH3 is 1. The Morgan fingerprint density at radius 1 is 1.41 bits per heavy atom. The van der Waals surface area contributed by atoms with Crippen molar-refractivity contribution in [2.75, 3.05) is 12.8 Å². The minimum absolute atomic E-state index is 0.259. The topological polar surface area (TPSA) is 63.9 Å². The molecule has 2 aromatic rings. The summed E-state index contributed by atoms with van der Waals surface area (Å²) in [5, 5.41) is 0. The third-order valence-corrected chi connectivity index (χ3v) is 2.55. The molecule has 90 valence electrons. The molecular formula is C12H14FN3O. The number of imidazole rings is 1. The molecule has 0 saturated heterocycles.